The number of hydrogen-bond acceptors (Lipinski definition) is 4. The van der Waals surface area contributed by atoms with Crippen molar-refractivity contribution in [1.29, 1.82) is 0 Å². The average Bonchev–Trinajstić information content (AvgIpc) is 2.68. The molecule has 0 unspecified atom stereocenters. The van der Waals surface area contributed by atoms with E-state index in [1.165, 1.54) is 19.6 Å². The van der Waals surface area contributed by atoms with E-state index >= 15 is 0 Å². The Kier molecular flexibility index (Phi) is 4.59. The van der Waals surface area contributed by atoms with Gasteiger partial charge in [0.05, 0.1) is 0 Å². The Bertz CT molecular complexity index is 346. The smallest absolute Gasteiger partial charge is 0.410 e. The number of hydrogen-bond donors (Lipinski definition) is 0. The molecule has 0 bridgehead atoms. The minimum atomic E-state index is -0.400. The third kappa shape index (κ3) is 4.09. The van der Waals surface area contributed by atoms with Gasteiger partial charge in [-0.1, -0.05) is 0 Å². The third-order valence-corrected chi connectivity index (χ3v) is 3.94. The van der Waals surface area contributed by atoms with Crippen LogP contribution in [-0.2, 0) is 4.74 Å². The van der Waals surface area contributed by atoms with Crippen LogP contribution in [0.5, 0.6) is 0 Å². The largest absolute Gasteiger partial charge is 0.444 e. The summed E-state index contributed by atoms with van der Waals surface area (Å²) in [5.74, 6) is 0.792. The topological polar surface area (TPSA) is 36.0 Å². The minimum absolute atomic E-state index is 0.162. The molecular weight excluding hydrogens is 254 g/mol. The van der Waals surface area contributed by atoms with Crippen molar-refractivity contribution in [3.05, 3.63) is 0 Å². The molecule has 0 saturated carbocycles. The molecule has 0 aromatic heterocycles. The van der Waals surface area contributed by atoms with Gasteiger partial charge in [0.15, 0.2) is 0 Å². The first-order valence-corrected chi connectivity index (χ1v) is 7.61. The molecule has 1 atom stereocenters. The van der Waals surface area contributed by atoms with Crippen molar-refractivity contribution in [3.63, 3.8) is 0 Å². The second kappa shape index (κ2) is 5.90. The molecule has 5 nitrogen and oxygen atoms in total. The van der Waals surface area contributed by atoms with Crippen LogP contribution in [0.25, 0.3) is 0 Å². The number of nitrogens with zero attached hydrogens (tertiary/aromatic N) is 3. The van der Waals surface area contributed by atoms with Gasteiger partial charge in [-0.3, -0.25) is 4.90 Å². The van der Waals surface area contributed by atoms with Gasteiger partial charge in [0.1, 0.15) is 5.60 Å². The van der Waals surface area contributed by atoms with E-state index in [4.69, 9.17) is 4.74 Å². The molecule has 2 rings (SSSR count). The van der Waals surface area contributed by atoms with Crippen molar-refractivity contribution in [2.24, 2.45) is 5.92 Å². The van der Waals surface area contributed by atoms with E-state index in [0.29, 0.717) is 6.04 Å². The summed E-state index contributed by atoms with van der Waals surface area (Å²) in [6, 6.07) is 0.529. The molecule has 0 N–H and O–H groups in total. The summed E-state index contributed by atoms with van der Waals surface area (Å²) >= 11 is 0. The van der Waals surface area contributed by atoms with E-state index in [-0.39, 0.29) is 6.09 Å². The number of rotatable bonds is 3. The number of amides is 1. The molecule has 116 valence electrons. The maximum atomic E-state index is 12.0. The SMILES string of the molecule is CN(C)CC1CN([C@@H]2CCN(C(=O)OC(C)(C)C)C2)C1. The molecule has 5 heteroatoms. The fourth-order valence-corrected chi connectivity index (χ4v) is 3.07. The summed E-state index contributed by atoms with van der Waals surface area (Å²) in [7, 11) is 4.25. The van der Waals surface area contributed by atoms with Crippen molar-refractivity contribution in [2.75, 3.05) is 46.8 Å². The molecule has 20 heavy (non-hydrogen) atoms. The van der Waals surface area contributed by atoms with Crippen LogP contribution >= 0.6 is 0 Å². The first kappa shape index (κ1) is 15.6. The Morgan fingerprint density at radius 1 is 1.25 bits per heavy atom. The first-order valence-electron chi connectivity index (χ1n) is 7.61. The molecule has 0 spiro atoms. The van der Waals surface area contributed by atoms with Crippen molar-refractivity contribution in [2.45, 2.75) is 38.8 Å². The Balaban J connectivity index is 1.73. The zero-order chi connectivity index (χ0) is 14.9. The predicted molar refractivity (Wildman–Crippen MR) is 79.8 cm³/mol. The van der Waals surface area contributed by atoms with Gasteiger partial charge in [-0.05, 0) is 47.2 Å². The molecule has 2 fully saturated rings. The molecule has 0 radical (unpaired) electrons. The monoisotopic (exact) mass is 283 g/mol. The van der Waals surface area contributed by atoms with E-state index < -0.39 is 5.60 Å². The molecule has 2 aliphatic heterocycles. The Morgan fingerprint density at radius 2 is 1.90 bits per heavy atom. The van der Waals surface area contributed by atoms with Gasteiger partial charge in [0, 0.05) is 38.8 Å². The van der Waals surface area contributed by atoms with Crippen LogP contribution in [0.1, 0.15) is 27.2 Å². The fraction of sp³-hybridized carbons (Fsp3) is 0.933. The van der Waals surface area contributed by atoms with E-state index in [0.717, 1.165) is 25.4 Å². The molecular formula is C15H29N3O2. The zero-order valence-electron chi connectivity index (χ0n) is 13.6. The standard InChI is InChI=1S/C15H29N3O2/c1-15(2,3)20-14(19)17-7-6-13(11-17)18-9-12(10-18)8-16(4)5/h12-13H,6-11H2,1-5H3/t13-/m1/s1. The lowest BCUT2D eigenvalue weighted by atomic mass is 9.97. The van der Waals surface area contributed by atoms with E-state index in [1.807, 2.05) is 25.7 Å². The molecule has 2 aliphatic rings. The second-order valence-electron chi connectivity index (χ2n) is 7.45. The first-order chi connectivity index (χ1) is 9.24. The van der Waals surface area contributed by atoms with Crippen LogP contribution < -0.4 is 0 Å². The van der Waals surface area contributed by atoms with Crippen LogP contribution in [0, 0.1) is 5.92 Å². The lowest BCUT2D eigenvalue weighted by Gasteiger charge is -2.44. The Hall–Kier alpha value is -0.810. The van der Waals surface area contributed by atoms with Crippen molar-refractivity contribution in [3.8, 4) is 0 Å². The van der Waals surface area contributed by atoms with E-state index in [2.05, 4.69) is 23.9 Å². The van der Waals surface area contributed by atoms with Gasteiger partial charge in [-0.25, -0.2) is 4.79 Å². The highest BCUT2D eigenvalue weighted by Gasteiger charge is 2.38. The molecule has 0 aliphatic carbocycles. The highest BCUT2D eigenvalue weighted by atomic mass is 16.6. The van der Waals surface area contributed by atoms with Gasteiger partial charge in [-0.2, -0.15) is 0 Å². The normalized spacial score (nSPS) is 25.1. The van der Waals surface area contributed by atoms with Gasteiger partial charge >= 0.3 is 6.09 Å². The lowest BCUT2D eigenvalue weighted by molar-refractivity contribution is 0.0208. The Morgan fingerprint density at radius 3 is 2.45 bits per heavy atom. The van der Waals surface area contributed by atoms with Crippen molar-refractivity contribution < 1.29 is 9.53 Å². The van der Waals surface area contributed by atoms with Crippen LogP contribution in [0.4, 0.5) is 4.79 Å². The zero-order valence-corrected chi connectivity index (χ0v) is 13.6. The average molecular weight is 283 g/mol. The van der Waals surface area contributed by atoms with Gasteiger partial charge in [0.2, 0.25) is 0 Å². The van der Waals surface area contributed by atoms with Crippen LogP contribution in [-0.4, -0.2) is 79.3 Å². The molecule has 1 amide bonds. The van der Waals surface area contributed by atoms with Crippen molar-refractivity contribution >= 4 is 6.09 Å². The van der Waals surface area contributed by atoms with Crippen molar-refractivity contribution in [1.82, 2.24) is 14.7 Å². The summed E-state index contributed by atoms with van der Waals surface area (Å²) in [5, 5.41) is 0. The number of carbonyl (C=O) groups is 1. The fourth-order valence-electron chi connectivity index (χ4n) is 3.07. The second-order valence-corrected chi connectivity index (χ2v) is 7.45. The molecule has 2 heterocycles. The summed E-state index contributed by atoms with van der Waals surface area (Å²) in [5.41, 5.74) is -0.400. The van der Waals surface area contributed by atoms with Gasteiger partial charge in [0.25, 0.3) is 0 Å². The van der Waals surface area contributed by atoms with E-state index in [9.17, 15) is 4.79 Å². The van der Waals surface area contributed by atoms with Crippen LogP contribution in [0.3, 0.4) is 0 Å². The number of ether oxygens (including phenoxy) is 1. The maximum Gasteiger partial charge on any atom is 0.410 e. The minimum Gasteiger partial charge on any atom is -0.444 e. The van der Waals surface area contributed by atoms with Crippen LogP contribution in [0.15, 0.2) is 0 Å². The Labute approximate surface area is 122 Å². The quantitative estimate of drug-likeness (QED) is 0.786. The third-order valence-electron chi connectivity index (χ3n) is 3.94. The van der Waals surface area contributed by atoms with Crippen LogP contribution in [0.2, 0.25) is 0 Å². The van der Waals surface area contributed by atoms with Gasteiger partial charge in [-0.15, -0.1) is 0 Å². The number of likely N-dealkylation sites (tertiary alicyclic amines) is 2. The highest BCUT2D eigenvalue weighted by Crippen LogP contribution is 2.25. The van der Waals surface area contributed by atoms with E-state index in [1.54, 1.807) is 0 Å². The summed E-state index contributed by atoms with van der Waals surface area (Å²) in [6.45, 7) is 10.9. The molecule has 0 aromatic rings. The number of carbonyl (C=O) groups excluding carboxylic acids is 1. The summed E-state index contributed by atoms with van der Waals surface area (Å²) < 4.78 is 5.44. The maximum absolute atomic E-state index is 12.0. The predicted octanol–water partition coefficient (Wildman–Crippen LogP) is 1.49. The lowest BCUT2D eigenvalue weighted by Crippen LogP contribution is -2.55. The molecule has 2 saturated heterocycles. The summed E-state index contributed by atoms with van der Waals surface area (Å²) in [6.07, 6.45) is 0.916. The van der Waals surface area contributed by atoms with Gasteiger partial charge < -0.3 is 14.5 Å². The highest BCUT2D eigenvalue weighted by molar-refractivity contribution is 5.68. The summed E-state index contributed by atoms with van der Waals surface area (Å²) in [4.78, 5) is 18.6. The molecule has 0 aromatic carbocycles.